The summed E-state index contributed by atoms with van der Waals surface area (Å²) in [7, 11) is 1.67. The molecule has 1 aromatic heterocycles. The predicted molar refractivity (Wildman–Crippen MR) is 116 cm³/mol. The van der Waals surface area contributed by atoms with Crippen LogP contribution < -0.4 is 15.0 Å². The van der Waals surface area contributed by atoms with Gasteiger partial charge < -0.3 is 15.0 Å². The molecule has 1 aliphatic rings. The Bertz CT molecular complexity index is 1010. The maximum absolute atomic E-state index is 12.7. The van der Waals surface area contributed by atoms with Crippen LogP contribution in [0.4, 0.5) is 10.8 Å². The highest BCUT2D eigenvalue weighted by atomic mass is 35.5. The second kappa shape index (κ2) is 7.97. The van der Waals surface area contributed by atoms with E-state index in [2.05, 4.69) is 10.2 Å². The number of nitrogens with zero attached hydrogens (tertiary/aromatic N) is 2. The first-order chi connectivity index (χ1) is 13.5. The van der Waals surface area contributed by atoms with Gasteiger partial charge in [0, 0.05) is 29.7 Å². The maximum atomic E-state index is 12.7. The molecule has 0 aliphatic carbocycles. The van der Waals surface area contributed by atoms with Crippen LogP contribution in [-0.2, 0) is 4.79 Å². The molecule has 1 saturated heterocycles. The molecule has 1 fully saturated rings. The van der Waals surface area contributed by atoms with Crippen LogP contribution in [0.1, 0.15) is 18.4 Å². The van der Waals surface area contributed by atoms with Crippen molar-refractivity contribution in [2.24, 2.45) is 5.92 Å². The number of anilines is 2. The Kier molecular flexibility index (Phi) is 5.42. The van der Waals surface area contributed by atoms with Crippen LogP contribution in [0.25, 0.3) is 10.2 Å². The van der Waals surface area contributed by atoms with Crippen molar-refractivity contribution in [3.05, 3.63) is 47.0 Å². The standard InChI is InChI=1S/C21H22ClN3O2S/c1-13-3-4-15(22)11-18(13)23-20(26)14-7-9-25(10-8-14)21-24-17-6-5-16(27-2)12-19(17)28-21/h3-6,11-12,14H,7-10H2,1-2H3,(H,23,26). The van der Waals surface area contributed by atoms with Crippen LogP contribution in [0.2, 0.25) is 5.02 Å². The molecule has 5 nitrogen and oxygen atoms in total. The normalized spacial score (nSPS) is 15.0. The van der Waals surface area contributed by atoms with Gasteiger partial charge in [0.2, 0.25) is 5.91 Å². The number of halogens is 1. The highest BCUT2D eigenvalue weighted by molar-refractivity contribution is 7.22. The average Bonchev–Trinajstić information content (AvgIpc) is 3.14. The zero-order valence-electron chi connectivity index (χ0n) is 15.9. The van der Waals surface area contributed by atoms with Crippen molar-refractivity contribution in [2.75, 3.05) is 30.4 Å². The van der Waals surface area contributed by atoms with Gasteiger partial charge in [0.1, 0.15) is 5.75 Å². The van der Waals surface area contributed by atoms with Crippen LogP contribution in [0, 0.1) is 12.8 Å². The Balaban J connectivity index is 1.40. The van der Waals surface area contributed by atoms with Crippen molar-refractivity contribution in [1.82, 2.24) is 4.98 Å². The molecule has 4 rings (SSSR count). The number of amides is 1. The van der Waals surface area contributed by atoms with Crippen molar-refractivity contribution >= 4 is 49.9 Å². The molecule has 1 amide bonds. The van der Waals surface area contributed by atoms with E-state index in [1.54, 1.807) is 24.5 Å². The topological polar surface area (TPSA) is 54.5 Å². The third-order valence-electron chi connectivity index (χ3n) is 5.18. The lowest BCUT2D eigenvalue weighted by Gasteiger charge is -2.31. The minimum absolute atomic E-state index is 0.00380. The minimum atomic E-state index is 0.00380. The molecule has 2 aromatic carbocycles. The van der Waals surface area contributed by atoms with Gasteiger partial charge in [0.05, 0.1) is 17.3 Å². The number of hydrogen-bond acceptors (Lipinski definition) is 5. The fourth-order valence-corrected chi connectivity index (χ4v) is 4.67. The molecular formula is C21H22ClN3O2S. The number of thiazole rings is 1. The van der Waals surface area contributed by atoms with E-state index in [0.29, 0.717) is 5.02 Å². The van der Waals surface area contributed by atoms with Crippen molar-refractivity contribution in [3.63, 3.8) is 0 Å². The van der Waals surface area contributed by atoms with Gasteiger partial charge in [-0.05, 0) is 55.7 Å². The second-order valence-electron chi connectivity index (χ2n) is 7.04. The predicted octanol–water partition coefficient (Wildman–Crippen LogP) is 5.12. The summed E-state index contributed by atoms with van der Waals surface area (Å²) >= 11 is 7.72. The Hall–Kier alpha value is -2.31. The molecule has 0 saturated carbocycles. The number of nitrogens with one attached hydrogen (secondary N) is 1. The molecule has 1 aliphatic heterocycles. The van der Waals surface area contributed by atoms with E-state index in [1.165, 1.54) is 0 Å². The number of rotatable bonds is 4. The van der Waals surface area contributed by atoms with Gasteiger partial charge in [-0.2, -0.15) is 0 Å². The summed E-state index contributed by atoms with van der Waals surface area (Å²) in [5.74, 6) is 0.914. The number of benzene rings is 2. The Morgan fingerprint density at radius 1 is 1.25 bits per heavy atom. The van der Waals surface area contributed by atoms with Crippen LogP contribution in [0.5, 0.6) is 5.75 Å². The lowest BCUT2D eigenvalue weighted by atomic mass is 9.96. The van der Waals surface area contributed by atoms with Crippen LogP contribution >= 0.6 is 22.9 Å². The molecule has 3 aromatic rings. The highest BCUT2D eigenvalue weighted by Crippen LogP contribution is 2.33. The number of hydrogen-bond donors (Lipinski definition) is 1. The van der Waals surface area contributed by atoms with Gasteiger partial charge in [0.15, 0.2) is 5.13 Å². The highest BCUT2D eigenvalue weighted by Gasteiger charge is 2.27. The Morgan fingerprint density at radius 2 is 2.04 bits per heavy atom. The first-order valence-electron chi connectivity index (χ1n) is 9.30. The molecular weight excluding hydrogens is 394 g/mol. The summed E-state index contributed by atoms with van der Waals surface area (Å²) in [6.45, 7) is 3.61. The quantitative estimate of drug-likeness (QED) is 0.642. The van der Waals surface area contributed by atoms with E-state index < -0.39 is 0 Å². The number of carbonyl (C=O) groups is 1. The fourth-order valence-electron chi connectivity index (χ4n) is 3.45. The molecule has 2 heterocycles. The smallest absolute Gasteiger partial charge is 0.227 e. The number of methoxy groups -OCH3 is 1. The number of aryl methyl sites for hydroxylation is 1. The molecule has 28 heavy (non-hydrogen) atoms. The lowest BCUT2D eigenvalue weighted by molar-refractivity contribution is -0.120. The summed E-state index contributed by atoms with van der Waals surface area (Å²) in [6, 6.07) is 11.5. The zero-order chi connectivity index (χ0) is 19.7. The number of carbonyl (C=O) groups excluding carboxylic acids is 1. The van der Waals surface area contributed by atoms with Crippen molar-refractivity contribution in [2.45, 2.75) is 19.8 Å². The zero-order valence-corrected chi connectivity index (χ0v) is 17.4. The monoisotopic (exact) mass is 415 g/mol. The molecule has 0 bridgehead atoms. The first-order valence-corrected chi connectivity index (χ1v) is 10.5. The Morgan fingerprint density at radius 3 is 2.79 bits per heavy atom. The summed E-state index contributed by atoms with van der Waals surface area (Å²) in [6.07, 6.45) is 1.62. The van der Waals surface area contributed by atoms with Gasteiger partial charge in [-0.15, -0.1) is 0 Å². The van der Waals surface area contributed by atoms with Crippen molar-refractivity contribution in [1.29, 1.82) is 0 Å². The summed E-state index contributed by atoms with van der Waals surface area (Å²) in [5, 5.41) is 4.68. The van der Waals surface area contributed by atoms with Gasteiger partial charge in [-0.1, -0.05) is 29.0 Å². The molecule has 7 heteroatoms. The summed E-state index contributed by atoms with van der Waals surface area (Å²) in [4.78, 5) is 19.7. The Labute approximate surface area is 173 Å². The van der Waals surface area contributed by atoms with E-state index in [9.17, 15) is 4.79 Å². The van der Waals surface area contributed by atoms with Crippen LogP contribution in [0.3, 0.4) is 0 Å². The van der Waals surface area contributed by atoms with Crippen LogP contribution in [0.15, 0.2) is 36.4 Å². The van der Waals surface area contributed by atoms with Gasteiger partial charge in [-0.3, -0.25) is 4.79 Å². The molecule has 0 spiro atoms. The lowest BCUT2D eigenvalue weighted by Crippen LogP contribution is -2.38. The van der Waals surface area contributed by atoms with Gasteiger partial charge in [0.25, 0.3) is 0 Å². The van der Waals surface area contributed by atoms with Gasteiger partial charge >= 0.3 is 0 Å². The molecule has 146 valence electrons. The first kappa shape index (κ1) is 19.0. The second-order valence-corrected chi connectivity index (χ2v) is 8.49. The summed E-state index contributed by atoms with van der Waals surface area (Å²) in [5.41, 5.74) is 2.79. The van der Waals surface area contributed by atoms with E-state index in [4.69, 9.17) is 21.3 Å². The van der Waals surface area contributed by atoms with E-state index in [0.717, 1.165) is 58.3 Å². The summed E-state index contributed by atoms with van der Waals surface area (Å²) < 4.78 is 6.41. The number of aromatic nitrogens is 1. The average molecular weight is 416 g/mol. The van der Waals surface area contributed by atoms with E-state index in [-0.39, 0.29) is 11.8 Å². The maximum Gasteiger partial charge on any atom is 0.227 e. The molecule has 0 radical (unpaired) electrons. The van der Waals surface area contributed by atoms with E-state index >= 15 is 0 Å². The molecule has 0 atom stereocenters. The molecule has 0 unspecified atom stereocenters. The van der Waals surface area contributed by atoms with Crippen molar-refractivity contribution in [3.8, 4) is 5.75 Å². The number of ether oxygens (including phenoxy) is 1. The SMILES string of the molecule is COc1ccc2nc(N3CCC(C(=O)Nc4cc(Cl)ccc4C)CC3)sc2c1. The minimum Gasteiger partial charge on any atom is -0.497 e. The van der Waals surface area contributed by atoms with Crippen LogP contribution in [-0.4, -0.2) is 31.1 Å². The number of piperidine rings is 1. The van der Waals surface area contributed by atoms with Gasteiger partial charge in [-0.25, -0.2) is 4.98 Å². The fraction of sp³-hybridized carbons (Fsp3) is 0.333. The molecule has 1 N–H and O–H groups in total. The van der Waals surface area contributed by atoms with E-state index in [1.807, 2.05) is 37.3 Å². The largest absolute Gasteiger partial charge is 0.497 e. The number of fused-ring (bicyclic) bond motifs is 1. The third-order valence-corrected chi connectivity index (χ3v) is 6.49. The van der Waals surface area contributed by atoms with Crippen molar-refractivity contribution < 1.29 is 9.53 Å². The third kappa shape index (κ3) is 3.93.